The molecule has 5 heteroatoms. The monoisotopic (exact) mass is 265 g/mol. The summed E-state index contributed by atoms with van der Waals surface area (Å²) in [6, 6.07) is 7.73. The van der Waals surface area contributed by atoms with Crippen molar-refractivity contribution in [2.75, 3.05) is 6.54 Å². The van der Waals surface area contributed by atoms with Crippen molar-refractivity contribution in [2.45, 2.75) is 25.4 Å². The summed E-state index contributed by atoms with van der Waals surface area (Å²) in [6.07, 6.45) is 3.59. The highest BCUT2D eigenvalue weighted by atomic mass is 35.5. The number of hydrogen-bond acceptors (Lipinski definition) is 2. The zero-order valence-corrected chi connectivity index (χ0v) is 11.0. The van der Waals surface area contributed by atoms with Crippen molar-refractivity contribution >= 4 is 23.8 Å². The number of benzene rings is 1. The average Bonchev–Trinajstić information content (AvgIpc) is 2.91. The highest BCUT2D eigenvalue weighted by molar-refractivity contribution is 6.30. The summed E-state index contributed by atoms with van der Waals surface area (Å²) in [5.41, 5.74) is 6.71. The lowest BCUT2D eigenvalue weighted by Gasteiger charge is -2.12. The van der Waals surface area contributed by atoms with Crippen LogP contribution in [0, 0.1) is 5.41 Å². The normalized spacial score (nSPS) is 20.1. The van der Waals surface area contributed by atoms with Crippen molar-refractivity contribution < 1.29 is 4.58 Å². The van der Waals surface area contributed by atoms with Gasteiger partial charge in [0.25, 0.3) is 0 Å². The summed E-state index contributed by atoms with van der Waals surface area (Å²) in [5, 5.41) is 12.2. The molecule has 0 bridgehead atoms. The predicted molar refractivity (Wildman–Crippen MR) is 74.4 cm³/mol. The molecule has 0 unspecified atom stereocenters. The fraction of sp³-hybridized carbons (Fsp3) is 0.385. The van der Waals surface area contributed by atoms with Crippen LogP contribution in [0.4, 0.5) is 0 Å². The fourth-order valence-corrected chi connectivity index (χ4v) is 2.25. The third-order valence-corrected chi connectivity index (χ3v) is 3.40. The van der Waals surface area contributed by atoms with E-state index in [0.717, 1.165) is 30.0 Å². The van der Waals surface area contributed by atoms with Gasteiger partial charge in [0.2, 0.25) is 5.84 Å². The molecule has 1 atom stereocenters. The van der Waals surface area contributed by atoms with E-state index >= 15 is 0 Å². The van der Waals surface area contributed by atoms with Crippen LogP contribution in [0.25, 0.3) is 0 Å². The zero-order chi connectivity index (χ0) is 13.0. The maximum Gasteiger partial charge on any atom is 0.246 e. The zero-order valence-electron chi connectivity index (χ0n) is 10.2. The molecule has 0 aliphatic carbocycles. The highest BCUT2D eigenvalue weighted by Gasteiger charge is 2.25. The minimum Gasteiger partial charge on any atom is -0.325 e. The third kappa shape index (κ3) is 3.09. The molecule has 4 N–H and O–H groups in total. The van der Waals surface area contributed by atoms with E-state index in [2.05, 4.69) is 5.32 Å². The second-order valence-corrected chi connectivity index (χ2v) is 4.87. The lowest BCUT2D eigenvalue weighted by atomic mass is 10.2. The molecule has 0 spiro atoms. The van der Waals surface area contributed by atoms with Crippen LogP contribution in [0.5, 0.6) is 0 Å². The van der Waals surface area contributed by atoms with Crippen molar-refractivity contribution in [2.24, 2.45) is 5.73 Å². The molecule has 1 aliphatic heterocycles. The van der Waals surface area contributed by atoms with Crippen LogP contribution >= 0.6 is 11.6 Å². The van der Waals surface area contributed by atoms with Gasteiger partial charge in [0.05, 0.1) is 12.6 Å². The van der Waals surface area contributed by atoms with Gasteiger partial charge in [0.1, 0.15) is 0 Å². The first-order valence-electron chi connectivity index (χ1n) is 6.08. The summed E-state index contributed by atoms with van der Waals surface area (Å²) in [4.78, 5) is 0. The Morgan fingerprint density at radius 3 is 2.78 bits per heavy atom. The van der Waals surface area contributed by atoms with Crippen LogP contribution in [0.1, 0.15) is 18.4 Å². The topological polar surface area (TPSA) is 64.9 Å². The summed E-state index contributed by atoms with van der Waals surface area (Å²) in [7, 11) is 0. The first-order valence-corrected chi connectivity index (χ1v) is 6.46. The van der Waals surface area contributed by atoms with Gasteiger partial charge in [-0.3, -0.25) is 0 Å². The Bertz CT molecular complexity index is 447. The summed E-state index contributed by atoms with van der Waals surface area (Å²) >= 11 is 5.85. The van der Waals surface area contributed by atoms with Gasteiger partial charge in [-0.05, 0) is 37.1 Å². The molecular weight excluding hydrogens is 248 g/mol. The van der Waals surface area contributed by atoms with E-state index in [1.807, 2.05) is 24.3 Å². The smallest absolute Gasteiger partial charge is 0.246 e. The number of nitrogens with one attached hydrogen (secondary N) is 2. The van der Waals surface area contributed by atoms with Gasteiger partial charge in [-0.25, -0.2) is 4.58 Å². The first kappa shape index (κ1) is 13.1. The van der Waals surface area contributed by atoms with Crippen LogP contribution in [0.15, 0.2) is 24.3 Å². The molecule has 18 heavy (non-hydrogen) atoms. The molecule has 0 aromatic heterocycles. The number of hydrogen-bond donors (Lipinski definition) is 3. The van der Waals surface area contributed by atoms with Gasteiger partial charge in [-0.2, -0.15) is 5.41 Å². The molecule has 4 nitrogen and oxygen atoms in total. The molecule has 1 heterocycles. The molecule has 0 amide bonds. The Labute approximate surface area is 112 Å². The molecule has 2 rings (SSSR count). The highest BCUT2D eigenvalue weighted by Crippen LogP contribution is 2.12. The van der Waals surface area contributed by atoms with Gasteiger partial charge >= 0.3 is 0 Å². The quantitative estimate of drug-likeness (QED) is 0.441. The van der Waals surface area contributed by atoms with E-state index in [1.165, 1.54) is 6.34 Å². The molecule has 1 fully saturated rings. The number of nitrogens with two attached hydrogens (primary N) is 1. The number of halogens is 1. The minimum absolute atomic E-state index is 0.122. The van der Waals surface area contributed by atoms with Crippen molar-refractivity contribution in [3.05, 3.63) is 34.9 Å². The Hall–Kier alpha value is -1.39. The molecular formula is C13H18ClN4+. The lowest BCUT2D eigenvalue weighted by Crippen LogP contribution is -2.39. The van der Waals surface area contributed by atoms with Gasteiger partial charge < -0.3 is 11.1 Å². The lowest BCUT2D eigenvalue weighted by molar-refractivity contribution is -0.427. The predicted octanol–water partition coefficient (Wildman–Crippen LogP) is 1.57. The number of rotatable bonds is 3. The van der Waals surface area contributed by atoms with Crippen molar-refractivity contribution in [3.8, 4) is 0 Å². The van der Waals surface area contributed by atoms with E-state index in [0.29, 0.717) is 12.4 Å². The number of nitrogens with zero attached hydrogens (tertiary/aromatic N) is 1. The van der Waals surface area contributed by atoms with Crippen LogP contribution in [-0.4, -0.2) is 29.3 Å². The van der Waals surface area contributed by atoms with Crippen LogP contribution in [0.2, 0.25) is 5.02 Å². The summed E-state index contributed by atoms with van der Waals surface area (Å²) in [6.45, 7) is 1.58. The van der Waals surface area contributed by atoms with E-state index in [4.69, 9.17) is 22.7 Å². The molecule has 96 valence electrons. The van der Waals surface area contributed by atoms with E-state index in [-0.39, 0.29) is 6.04 Å². The fourth-order valence-electron chi connectivity index (χ4n) is 2.12. The Kier molecular flexibility index (Phi) is 4.33. The number of amidine groups is 1. The van der Waals surface area contributed by atoms with Crippen molar-refractivity contribution in [1.82, 2.24) is 5.32 Å². The molecule has 1 aromatic carbocycles. The van der Waals surface area contributed by atoms with Crippen molar-refractivity contribution in [3.63, 3.8) is 0 Å². The molecule has 0 saturated carbocycles. The maximum atomic E-state index is 8.16. The second kappa shape index (κ2) is 5.98. The Morgan fingerprint density at radius 2 is 2.22 bits per heavy atom. The van der Waals surface area contributed by atoms with Gasteiger partial charge in [-0.15, -0.1) is 0 Å². The summed E-state index contributed by atoms with van der Waals surface area (Å²) in [5.74, 6) is 0.532. The largest absolute Gasteiger partial charge is 0.325 e. The standard InChI is InChI=1S/C13H17ClN4/c14-11-5-3-10(4-6-11)8-18(9-15)13(16)12-2-1-7-17-12/h3-6,9,12,15-17H,1-2,7-8H2/p+1/t12-/m1/s1. The Balaban J connectivity index is 2.05. The van der Waals surface area contributed by atoms with Crippen LogP contribution in [0.3, 0.4) is 0 Å². The average molecular weight is 266 g/mol. The Morgan fingerprint density at radius 1 is 1.50 bits per heavy atom. The molecule has 1 aliphatic rings. The van der Waals surface area contributed by atoms with Gasteiger partial charge in [0, 0.05) is 5.02 Å². The molecule has 1 saturated heterocycles. The maximum absolute atomic E-state index is 8.16. The molecule has 1 aromatic rings. The van der Waals surface area contributed by atoms with E-state index < -0.39 is 0 Å². The van der Waals surface area contributed by atoms with Gasteiger partial charge in [-0.1, -0.05) is 23.7 Å². The van der Waals surface area contributed by atoms with Crippen LogP contribution < -0.4 is 11.1 Å². The molecule has 0 radical (unpaired) electrons. The van der Waals surface area contributed by atoms with E-state index in [1.54, 1.807) is 4.58 Å². The SMILES string of the molecule is N=C([C@H]1CCCN1)[N+](=CN)Cc1ccc(Cl)cc1. The van der Waals surface area contributed by atoms with Gasteiger partial charge in [0.15, 0.2) is 6.34 Å². The van der Waals surface area contributed by atoms with Crippen LogP contribution in [-0.2, 0) is 6.54 Å². The third-order valence-electron chi connectivity index (χ3n) is 3.15. The first-order chi connectivity index (χ1) is 8.70. The van der Waals surface area contributed by atoms with E-state index in [9.17, 15) is 0 Å². The van der Waals surface area contributed by atoms with Crippen molar-refractivity contribution in [1.29, 1.82) is 5.41 Å². The minimum atomic E-state index is 0.122. The summed E-state index contributed by atoms with van der Waals surface area (Å²) < 4.78 is 1.77. The second-order valence-electron chi connectivity index (χ2n) is 4.44.